The predicted molar refractivity (Wildman–Crippen MR) is 84.0 cm³/mol. The fourth-order valence-corrected chi connectivity index (χ4v) is 2.78. The van der Waals surface area contributed by atoms with E-state index in [2.05, 4.69) is 45.9 Å². The zero-order chi connectivity index (χ0) is 14.7. The second-order valence-corrected chi connectivity index (χ2v) is 6.48. The second kappa shape index (κ2) is 6.82. The van der Waals surface area contributed by atoms with Gasteiger partial charge in [0.1, 0.15) is 18.0 Å². The molecular weight excluding hydrogens is 272 g/mol. The Morgan fingerprint density at radius 1 is 1.35 bits per heavy atom. The molecule has 1 aromatic rings. The molecule has 0 aliphatic heterocycles. The summed E-state index contributed by atoms with van der Waals surface area (Å²) in [5, 5.41) is 0.0835. The summed E-state index contributed by atoms with van der Waals surface area (Å²) < 4.78 is 11.9. The Bertz CT molecular complexity index is 445. The SMILES string of the molecule is CCCOC1C(Cl)CC1Oc1cc(C(C)C)ccc1C. The summed E-state index contributed by atoms with van der Waals surface area (Å²) in [5.41, 5.74) is 2.47. The molecule has 0 N–H and O–H groups in total. The van der Waals surface area contributed by atoms with Crippen LogP contribution in [0.1, 0.15) is 50.7 Å². The van der Waals surface area contributed by atoms with Crippen molar-refractivity contribution in [3.63, 3.8) is 0 Å². The minimum Gasteiger partial charge on any atom is -0.487 e. The van der Waals surface area contributed by atoms with Gasteiger partial charge in [0.2, 0.25) is 0 Å². The Morgan fingerprint density at radius 2 is 2.10 bits per heavy atom. The molecule has 0 radical (unpaired) electrons. The average molecular weight is 297 g/mol. The highest BCUT2D eigenvalue weighted by atomic mass is 35.5. The van der Waals surface area contributed by atoms with E-state index in [9.17, 15) is 0 Å². The lowest BCUT2D eigenvalue weighted by molar-refractivity contribution is -0.0799. The van der Waals surface area contributed by atoms with Crippen LogP contribution in [-0.4, -0.2) is 24.2 Å². The third-order valence-electron chi connectivity index (χ3n) is 3.85. The fourth-order valence-electron chi connectivity index (χ4n) is 2.37. The Labute approximate surface area is 127 Å². The van der Waals surface area contributed by atoms with Crippen molar-refractivity contribution < 1.29 is 9.47 Å². The van der Waals surface area contributed by atoms with Gasteiger partial charge >= 0.3 is 0 Å². The Hall–Kier alpha value is -0.730. The standard InChI is InChI=1S/C17H25ClO2/c1-5-8-19-17-14(18)10-16(17)20-15-9-13(11(2)3)7-6-12(15)4/h6-7,9,11,14,16-17H,5,8,10H2,1-4H3. The number of ether oxygens (including phenoxy) is 2. The van der Waals surface area contributed by atoms with Gasteiger partial charge < -0.3 is 9.47 Å². The first-order valence-electron chi connectivity index (χ1n) is 7.55. The number of alkyl halides is 1. The topological polar surface area (TPSA) is 18.5 Å². The third kappa shape index (κ3) is 3.48. The van der Waals surface area contributed by atoms with Gasteiger partial charge in [0.05, 0.1) is 5.38 Å². The first-order valence-corrected chi connectivity index (χ1v) is 7.99. The lowest BCUT2D eigenvalue weighted by Crippen LogP contribution is -2.52. The molecule has 3 heteroatoms. The van der Waals surface area contributed by atoms with Crippen LogP contribution in [0.4, 0.5) is 0 Å². The summed E-state index contributed by atoms with van der Waals surface area (Å²) in [7, 11) is 0. The van der Waals surface area contributed by atoms with Gasteiger partial charge in [-0.25, -0.2) is 0 Å². The zero-order valence-electron chi connectivity index (χ0n) is 12.9. The van der Waals surface area contributed by atoms with E-state index < -0.39 is 0 Å². The van der Waals surface area contributed by atoms with E-state index in [0.717, 1.165) is 25.2 Å². The molecule has 1 aliphatic carbocycles. The van der Waals surface area contributed by atoms with Crippen molar-refractivity contribution in [3.05, 3.63) is 29.3 Å². The van der Waals surface area contributed by atoms with E-state index in [1.807, 2.05) is 0 Å². The lowest BCUT2D eigenvalue weighted by Gasteiger charge is -2.40. The zero-order valence-corrected chi connectivity index (χ0v) is 13.6. The summed E-state index contributed by atoms with van der Waals surface area (Å²) in [6.07, 6.45) is 1.99. The third-order valence-corrected chi connectivity index (χ3v) is 4.28. The van der Waals surface area contributed by atoms with Gasteiger partial charge in [-0.15, -0.1) is 11.6 Å². The summed E-state index contributed by atoms with van der Waals surface area (Å²) in [4.78, 5) is 0. The summed E-state index contributed by atoms with van der Waals surface area (Å²) in [5.74, 6) is 1.47. The van der Waals surface area contributed by atoms with Crippen LogP contribution in [0.5, 0.6) is 5.75 Å². The van der Waals surface area contributed by atoms with Crippen LogP contribution in [0.15, 0.2) is 18.2 Å². The molecule has 2 rings (SSSR count). The van der Waals surface area contributed by atoms with Crippen LogP contribution in [0.2, 0.25) is 0 Å². The molecule has 0 bridgehead atoms. The highest BCUT2D eigenvalue weighted by Gasteiger charge is 2.42. The molecule has 20 heavy (non-hydrogen) atoms. The Morgan fingerprint density at radius 3 is 2.70 bits per heavy atom. The molecule has 1 aliphatic rings. The summed E-state index contributed by atoms with van der Waals surface area (Å²) >= 11 is 6.23. The van der Waals surface area contributed by atoms with Gasteiger partial charge in [0.15, 0.2) is 0 Å². The molecule has 1 aromatic carbocycles. The molecule has 3 unspecified atom stereocenters. The number of benzene rings is 1. The minimum atomic E-state index is 0.0266. The molecule has 0 heterocycles. The fraction of sp³-hybridized carbons (Fsp3) is 0.647. The molecule has 3 atom stereocenters. The molecule has 0 amide bonds. The predicted octanol–water partition coefficient (Wildman–Crippen LogP) is 4.67. The van der Waals surface area contributed by atoms with E-state index in [0.29, 0.717) is 5.92 Å². The van der Waals surface area contributed by atoms with Crippen molar-refractivity contribution in [2.75, 3.05) is 6.61 Å². The first-order chi connectivity index (χ1) is 9.52. The number of rotatable bonds is 6. The quantitative estimate of drug-likeness (QED) is 0.710. The maximum atomic E-state index is 6.23. The van der Waals surface area contributed by atoms with Crippen molar-refractivity contribution in [1.29, 1.82) is 0 Å². The smallest absolute Gasteiger partial charge is 0.128 e. The molecule has 0 aromatic heterocycles. The molecule has 0 saturated heterocycles. The molecule has 2 nitrogen and oxygen atoms in total. The number of halogens is 1. The molecule has 1 fully saturated rings. The van der Waals surface area contributed by atoms with Crippen molar-refractivity contribution in [3.8, 4) is 5.75 Å². The largest absolute Gasteiger partial charge is 0.487 e. The van der Waals surface area contributed by atoms with Crippen LogP contribution in [0, 0.1) is 6.92 Å². The summed E-state index contributed by atoms with van der Waals surface area (Å²) in [6, 6.07) is 6.45. The normalized spacial score (nSPS) is 25.6. The van der Waals surface area contributed by atoms with E-state index in [4.69, 9.17) is 21.1 Å². The van der Waals surface area contributed by atoms with Gasteiger partial charge in [0.25, 0.3) is 0 Å². The summed E-state index contributed by atoms with van der Waals surface area (Å²) in [6.45, 7) is 9.32. The van der Waals surface area contributed by atoms with Crippen molar-refractivity contribution >= 4 is 11.6 Å². The molecular formula is C17H25ClO2. The van der Waals surface area contributed by atoms with Crippen molar-refractivity contribution in [2.24, 2.45) is 0 Å². The lowest BCUT2D eigenvalue weighted by atomic mass is 9.90. The number of hydrogen-bond donors (Lipinski definition) is 0. The van der Waals surface area contributed by atoms with Crippen LogP contribution in [-0.2, 0) is 4.74 Å². The maximum absolute atomic E-state index is 6.23. The monoisotopic (exact) mass is 296 g/mol. The van der Waals surface area contributed by atoms with Crippen molar-refractivity contribution in [1.82, 2.24) is 0 Å². The van der Waals surface area contributed by atoms with E-state index in [1.165, 1.54) is 11.1 Å². The van der Waals surface area contributed by atoms with E-state index >= 15 is 0 Å². The van der Waals surface area contributed by atoms with Crippen LogP contribution in [0.25, 0.3) is 0 Å². The van der Waals surface area contributed by atoms with E-state index in [1.54, 1.807) is 0 Å². The average Bonchev–Trinajstić information content (AvgIpc) is 2.40. The highest BCUT2D eigenvalue weighted by molar-refractivity contribution is 6.21. The first kappa shape index (κ1) is 15.7. The van der Waals surface area contributed by atoms with Crippen LogP contribution < -0.4 is 4.74 Å². The maximum Gasteiger partial charge on any atom is 0.128 e. The second-order valence-electron chi connectivity index (χ2n) is 5.92. The van der Waals surface area contributed by atoms with Gasteiger partial charge in [-0.3, -0.25) is 0 Å². The van der Waals surface area contributed by atoms with Crippen molar-refractivity contribution in [2.45, 2.75) is 64.0 Å². The van der Waals surface area contributed by atoms with Crippen LogP contribution >= 0.6 is 11.6 Å². The minimum absolute atomic E-state index is 0.0266. The highest BCUT2D eigenvalue weighted by Crippen LogP contribution is 2.35. The molecule has 0 spiro atoms. The van der Waals surface area contributed by atoms with Gasteiger partial charge in [-0.2, -0.15) is 0 Å². The van der Waals surface area contributed by atoms with Gasteiger partial charge in [0, 0.05) is 13.0 Å². The molecule has 1 saturated carbocycles. The molecule has 112 valence electrons. The van der Waals surface area contributed by atoms with E-state index in [-0.39, 0.29) is 17.6 Å². The Balaban J connectivity index is 2.04. The number of hydrogen-bond acceptors (Lipinski definition) is 2. The van der Waals surface area contributed by atoms with Gasteiger partial charge in [-0.1, -0.05) is 32.9 Å². The van der Waals surface area contributed by atoms with Gasteiger partial charge in [-0.05, 0) is 36.5 Å². The van der Waals surface area contributed by atoms with Crippen LogP contribution in [0.3, 0.4) is 0 Å². The Kier molecular flexibility index (Phi) is 5.34. The number of aryl methyl sites for hydroxylation is 1.